The van der Waals surface area contributed by atoms with E-state index in [1.54, 1.807) is 46.8 Å². The normalized spacial score (nSPS) is 18.2. The molecule has 2 fully saturated rings. The first-order valence-electron chi connectivity index (χ1n) is 16.0. The number of halogens is 1. The lowest BCUT2D eigenvalue weighted by molar-refractivity contribution is 0.0750. The summed E-state index contributed by atoms with van der Waals surface area (Å²) in [4.78, 5) is 49.3. The Morgan fingerprint density at radius 3 is 2.39 bits per heavy atom. The van der Waals surface area contributed by atoms with Crippen LogP contribution < -0.4 is 15.8 Å². The van der Waals surface area contributed by atoms with E-state index in [9.17, 15) is 18.8 Å². The molecule has 0 radical (unpaired) electrons. The van der Waals surface area contributed by atoms with E-state index in [-0.39, 0.29) is 41.8 Å². The first-order valence-corrected chi connectivity index (χ1v) is 16.0. The van der Waals surface area contributed by atoms with Gasteiger partial charge in [-0.3, -0.25) is 9.59 Å². The summed E-state index contributed by atoms with van der Waals surface area (Å²) in [7, 11) is 0. The van der Waals surface area contributed by atoms with Crippen LogP contribution in [0.15, 0.2) is 85.2 Å². The number of aryl methyl sites for hydroxylation is 1. The van der Waals surface area contributed by atoms with Crippen molar-refractivity contribution in [3.05, 3.63) is 119 Å². The van der Waals surface area contributed by atoms with Gasteiger partial charge in [-0.25, -0.2) is 19.2 Å². The number of amides is 3. The van der Waals surface area contributed by atoms with Crippen LogP contribution in [0.25, 0.3) is 16.9 Å². The zero-order valence-electron chi connectivity index (χ0n) is 27.2. The highest BCUT2D eigenvalue weighted by molar-refractivity contribution is 6.02. The molecule has 5 aromatic rings. The lowest BCUT2D eigenvalue weighted by Gasteiger charge is -2.27. The maximum absolute atomic E-state index is 13.8. The van der Waals surface area contributed by atoms with E-state index in [1.807, 2.05) is 50.2 Å². The van der Waals surface area contributed by atoms with Gasteiger partial charge in [-0.1, -0.05) is 30.3 Å². The number of piperidine rings is 1. The Kier molecular flexibility index (Phi) is 8.01. The maximum atomic E-state index is 13.8. The quantitative estimate of drug-likeness (QED) is 0.220. The number of hydrogen-bond donors (Lipinski definition) is 2. The highest BCUT2D eigenvalue weighted by atomic mass is 19.1. The number of benzene rings is 2. The first kappa shape index (κ1) is 31.8. The van der Waals surface area contributed by atoms with Gasteiger partial charge in [-0.05, 0) is 68.3 Å². The van der Waals surface area contributed by atoms with Crippen molar-refractivity contribution in [2.24, 2.45) is 17.6 Å². The molecule has 2 aromatic carbocycles. The van der Waals surface area contributed by atoms with Crippen molar-refractivity contribution < 1.29 is 28.2 Å². The molecule has 3 aromatic heterocycles. The number of pyridine rings is 2. The first-order chi connectivity index (χ1) is 23.4. The third-order valence-electron chi connectivity index (χ3n) is 9.13. The van der Waals surface area contributed by atoms with Gasteiger partial charge in [0, 0.05) is 48.9 Å². The van der Waals surface area contributed by atoms with Gasteiger partial charge in [-0.2, -0.15) is 0 Å². The molecule has 3 N–H and O–H groups in total. The van der Waals surface area contributed by atoms with Crippen molar-refractivity contribution >= 4 is 23.6 Å². The standard InChI is InChI=1S/C37H35FN6O5/c1-21-16-43-17-24(13-27(33(39)45)34(43)40-21)35(46)44-18-28-29(19-44)32(28)49-31-15-25(14-30(41-31)23-9-11-26(38)12-10-23)37(2,3)42-36(47)48-20-22-7-5-4-6-8-22/h4-17,28-29,32H,18-20H2,1-3H3,(H2,39,45)(H,42,47)/t28-,29+,32?. The van der Waals surface area contributed by atoms with E-state index < -0.39 is 17.5 Å². The predicted octanol–water partition coefficient (Wildman–Crippen LogP) is 5.25. The van der Waals surface area contributed by atoms with E-state index in [1.165, 1.54) is 18.2 Å². The molecule has 1 saturated carbocycles. The summed E-state index contributed by atoms with van der Waals surface area (Å²) in [6.45, 7) is 6.59. The number of primary amides is 1. The summed E-state index contributed by atoms with van der Waals surface area (Å²) >= 11 is 0. The molecule has 12 heteroatoms. The van der Waals surface area contributed by atoms with Crippen molar-refractivity contribution in [2.75, 3.05) is 13.1 Å². The number of likely N-dealkylation sites (tertiary alicyclic amines) is 1. The molecular weight excluding hydrogens is 627 g/mol. The number of carbonyl (C=O) groups excluding carboxylic acids is 3. The molecule has 3 atom stereocenters. The molecule has 1 aliphatic carbocycles. The van der Waals surface area contributed by atoms with Gasteiger partial charge in [-0.15, -0.1) is 0 Å². The Bertz CT molecular complexity index is 2070. The molecule has 4 heterocycles. The molecule has 1 aliphatic heterocycles. The number of hydrogen-bond acceptors (Lipinski definition) is 7. The molecule has 0 spiro atoms. The molecule has 1 unspecified atom stereocenters. The number of carbonyl (C=O) groups is 3. The number of rotatable bonds is 9. The minimum Gasteiger partial charge on any atom is -0.474 e. The fourth-order valence-electron chi connectivity index (χ4n) is 6.44. The van der Waals surface area contributed by atoms with Crippen molar-refractivity contribution in [3.63, 3.8) is 0 Å². The van der Waals surface area contributed by atoms with Crippen LogP contribution in [0, 0.1) is 24.6 Å². The van der Waals surface area contributed by atoms with Crippen molar-refractivity contribution in [1.82, 2.24) is 24.6 Å². The van der Waals surface area contributed by atoms with Crippen LogP contribution in [0.5, 0.6) is 5.88 Å². The number of imidazole rings is 1. The lowest BCUT2D eigenvalue weighted by atomic mass is 9.93. The Balaban J connectivity index is 1.07. The highest BCUT2D eigenvalue weighted by Crippen LogP contribution is 2.48. The van der Waals surface area contributed by atoms with Gasteiger partial charge in [0.15, 0.2) is 0 Å². The zero-order chi connectivity index (χ0) is 34.4. The van der Waals surface area contributed by atoms with Crippen LogP contribution >= 0.6 is 0 Å². The fraction of sp³-hybridized carbons (Fsp3) is 0.270. The number of nitrogens with one attached hydrogen (secondary N) is 1. The number of aromatic nitrogens is 3. The van der Waals surface area contributed by atoms with Crippen molar-refractivity contribution in [2.45, 2.75) is 39.0 Å². The van der Waals surface area contributed by atoms with Crippen LogP contribution in [-0.4, -0.2) is 56.4 Å². The summed E-state index contributed by atoms with van der Waals surface area (Å²) in [6.07, 6.45) is 2.67. The molecule has 2 aliphatic rings. The number of nitrogens with two attached hydrogens (primary N) is 1. The molecular formula is C37H35FN6O5. The second-order valence-electron chi connectivity index (χ2n) is 13.1. The number of ether oxygens (including phenoxy) is 2. The molecule has 1 saturated heterocycles. The van der Waals surface area contributed by atoms with E-state index in [0.29, 0.717) is 52.7 Å². The highest BCUT2D eigenvalue weighted by Gasteiger charge is 2.59. The molecule has 11 nitrogen and oxygen atoms in total. The average Bonchev–Trinajstić information content (AvgIpc) is 3.36. The summed E-state index contributed by atoms with van der Waals surface area (Å²) < 4.78 is 27.3. The maximum Gasteiger partial charge on any atom is 0.408 e. The number of fused-ring (bicyclic) bond motifs is 2. The molecule has 7 rings (SSSR count). The Hall–Kier alpha value is -5.78. The fourth-order valence-corrected chi connectivity index (χ4v) is 6.44. The summed E-state index contributed by atoms with van der Waals surface area (Å²) in [6, 6.07) is 20.5. The van der Waals surface area contributed by atoms with Gasteiger partial charge in [0.05, 0.1) is 28.1 Å². The monoisotopic (exact) mass is 662 g/mol. The van der Waals surface area contributed by atoms with Crippen molar-refractivity contribution in [1.29, 1.82) is 0 Å². The van der Waals surface area contributed by atoms with E-state index >= 15 is 0 Å². The Labute approximate surface area is 281 Å². The minimum absolute atomic E-state index is 0.0950. The molecule has 250 valence electrons. The number of alkyl carbamates (subject to hydrolysis) is 1. The van der Waals surface area contributed by atoms with Gasteiger partial charge < -0.3 is 29.8 Å². The van der Waals surface area contributed by atoms with Crippen LogP contribution in [0.2, 0.25) is 0 Å². The lowest BCUT2D eigenvalue weighted by Crippen LogP contribution is -2.41. The van der Waals surface area contributed by atoms with E-state index in [2.05, 4.69) is 10.3 Å². The third kappa shape index (κ3) is 6.54. The Morgan fingerprint density at radius 1 is 0.980 bits per heavy atom. The predicted molar refractivity (Wildman–Crippen MR) is 178 cm³/mol. The van der Waals surface area contributed by atoms with Gasteiger partial charge >= 0.3 is 6.09 Å². The van der Waals surface area contributed by atoms with Gasteiger partial charge in [0.25, 0.3) is 11.8 Å². The SMILES string of the molecule is Cc1cn2cc(C(=O)N3C[C@@H]4C(Oc5cc(C(C)(C)NC(=O)OCc6ccccc6)cc(-c6ccc(F)cc6)n5)[C@@H]4C3)cc(C(N)=O)c2n1. The minimum atomic E-state index is -0.884. The molecule has 3 amide bonds. The summed E-state index contributed by atoms with van der Waals surface area (Å²) in [5.41, 5.74) is 9.20. The van der Waals surface area contributed by atoms with E-state index in [0.717, 1.165) is 5.56 Å². The van der Waals surface area contributed by atoms with E-state index in [4.69, 9.17) is 20.2 Å². The van der Waals surface area contributed by atoms with Crippen LogP contribution in [0.1, 0.15) is 51.4 Å². The number of nitrogens with zero attached hydrogens (tertiary/aromatic N) is 4. The van der Waals surface area contributed by atoms with Crippen LogP contribution in [-0.2, 0) is 16.9 Å². The third-order valence-corrected chi connectivity index (χ3v) is 9.13. The topological polar surface area (TPSA) is 141 Å². The second kappa shape index (κ2) is 12.3. The van der Waals surface area contributed by atoms with Crippen molar-refractivity contribution in [3.8, 4) is 17.1 Å². The average molecular weight is 663 g/mol. The molecule has 49 heavy (non-hydrogen) atoms. The largest absolute Gasteiger partial charge is 0.474 e. The smallest absolute Gasteiger partial charge is 0.408 e. The van der Waals surface area contributed by atoms with Crippen LogP contribution in [0.4, 0.5) is 9.18 Å². The second-order valence-corrected chi connectivity index (χ2v) is 13.1. The Morgan fingerprint density at radius 2 is 1.69 bits per heavy atom. The van der Waals surface area contributed by atoms with Crippen LogP contribution in [0.3, 0.4) is 0 Å². The summed E-state index contributed by atoms with van der Waals surface area (Å²) in [5, 5.41) is 2.94. The van der Waals surface area contributed by atoms with Gasteiger partial charge in [0.2, 0.25) is 5.88 Å². The van der Waals surface area contributed by atoms with Gasteiger partial charge in [0.1, 0.15) is 24.2 Å². The molecule has 0 bridgehead atoms. The zero-order valence-corrected chi connectivity index (χ0v) is 27.2. The summed E-state index contributed by atoms with van der Waals surface area (Å²) in [5.74, 6) is -0.674.